The zero-order valence-corrected chi connectivity index (χ0v) is 22.4. The summed E-state index contributed by atoms with van der Waals surface area (Å²) in [5.74, 6) is 0.467. The van der Waals surface area contributed by atoms with Crippen LogP contribution in [0.25, 0.3) is 0 Å². The summed E-state index contributed by atoms with van der Waals surface area (Å²) in [5, 5.41) is 6.41. The molecule has 6 rings (SSSR count). The molecule has 0 fully saturated rings. The molecule has 2 atom stereocenters. The standard InChI is InChI=1S/C32H31N5O2/c1-4-5-6-10-26-21(3)35-31(39)32(26)17-23-12-13-25(15-24(23)18-32)36-29-16-27(33-19-34-29)30(38)37-20(2)14-22-9-7-8-11-28(22)37/h4-13,15-16,19-20H,14,17-18H2,1-3H3,(H,35,39)(H,33,34,36)/b5-4?,10-6-. The third-order valence-corrected chi connectivity index (χ3v) is 8.00. The van der Waals surface area contributed by atoms with Crippen LogP contribution in [0, 0.1) is 5.41 Å². The summed E-state index contributed by atoms with van der Waals surface area (Å²) >= 11 is 0. The number of amides is 2. The lowest BCUT2D eigenvalue weighted by Crippen LogP contribution is -2.36. The first kappa shape index (κ1) is 24.8. The molecule has 0 radical (unpaired) electrons. The Balaban J connectivity index is 1.23. The van der Waals surface area contributed by atoms with Crippen molar-refractivity contribution < 1.29 is 9.59 Å². The number of nitrogens with zero attached hydrogens (tertiary/aromatic N) is 3. The van der Waals surface area contributed by atoms with Crippen molar-refractivity contribution in [1.29, 1.82) is 0 Å². The second kappa shape index (κ2) is 9.66. The van der Waals surface area contributed by atoms with Crippen LogP contribution in [0.5, 0.6) is 0 Å². The Labute approximate surface area is 228 Å². The highest BCUT2D eigenvalue weighted by molar-refractivity contribution is 6.07. The third-order valence-electron chi connectivity index (χ3n) is 8.00. The molecule has 0 saturated carbocycles. The SMILES string of the molecule is CC=C/C=C\C1=C(C)NC(=O)C12Cc1ccc(Nc3cc(C(=O)N4c5ccccc5CC4C)ncn3)cc1C2. The van der Waals surface area contributed by atoms with E-state index in [2.05, 4.69) is 51.8 Å². The average molecular weight is 518 g/mol. The molecule has 0 bridgehead atoms. The van der Waals surface area contributed by atoms with E-state index in [1.54, 1.807) is 6.07 Å². The Bertz CT molecular complexity index is 1590. The van der Waals surface area contributed by atoms with E-state index in [0.29, 0.717) is 24.4 Å². The van der Waals surface area contributed by atoms with E-state index in [1.807, 2.05) is 61.2 Å². The van der Waals surface area contributed by atoms with Gasteiger partial charge >= 0.3 is 0 Å². The molecule has 2 unspecified atom stereocenters. The largest absolute Gasteiger partial charge is 0.340 e. The molecule has 1 aliphatic carbocycles. The van der Waals surface area contributed by atoms with Crippen molar-refractivity contribution in [2.24, 2.45) is 5.41 Å². The average Bonchev–Trinajstić information content (AvgIpc) is 3.54. The van der Waals surface area contributed by atoms with E-state index in [1.165, 1.54) is 17.5 Å². The van der Waals surface area contributed by atoms with Crippen LogP contribution in [0.1, 0.15) is 48.0 Å². The third kappa shape index (κ3) is 4.24. The molecule has 1 aromatic heterocycles. The summed E-state index contributed by atoms with van der Waals surface area (Å²) in [6, 6.07) is 15.9. The van der Waals surface area contributed by atoms with Gasteiger partial charge in [-0.2, -0.15) is 0 Å². The maximum atomic E-state index is 13.5. The van der Waals surface area contributed by atoms with Gasteiger partial charge in [0, 0.05) is 29.2 Å². The predicted molar refractivity (Wildman–Crippen MR) is 153 cm³/mol. The summed E-state index contributed by atoms with van der Waals surface area (Å²) < 4.78 is 0. The second-order valence-corrected chi connectivity index (χ2v) is 10.6. The Morgan fingerprint density at radius 2 is 1.90 bits per heavy atom. The molecule has 3 aromatic rings. The minimum absolute atomic E-state index is 0.0579. The fourth-order valence-corrected chi connectivity index (χ4v) is 6.18. The summed E-state index contributed by atoms with van der Waals surface area (Å²) in [5.41, 5.74) is 6.99. The number of anilines is 3. The van der Waals surface area contributed by atoms with Crippen LogP contribution in [0.3, 0.4) is 0 Å². The van der Waals surface area contributed by atoms with E-state index in [9.17, 15) is 9.59 Å². The van der Waals surface area contributed by atoms with Crippen molar-refractivity contribution in [3.8, 4) is 0 Å². The number of benzene rings is 2. The number of carbonyl (C=O) groups is 2. The fourth-order valence-electron chi connectivity index (χ4n) is 6.18. The van der Waals surface area contributed by atoms with Gasteiger partial charge in [-0.15, -0.1) is 0 Å². The Hall–Kier alpha value is -4.52. The number of rotatable bonds is 5. The maximum absolute atomic E-state index is 13.5. The van der Waals surface area contributed by atoms with E-state index in [0.717, 1.165) is 34.6 Å². The molecule has 1 spiro atoms. The van der Waals surface area contributed by atoms with E-state index >= 15 is 0 Å². The number of carbonyl (C=O) groups excluding carboxylic acids is 2. The van der Waals surface area contributed by atoms with Crippen molar-refractivity contribution in [2.75, 3.05) is 10.2 Å². The van der Waals surface area contributed by atoms with Gasteiger partial charge in [0.25, 0.3) is 5.91 Å². The molecule has 2 amide bonds. The first-order valence-corrected chi connectivity index (χ1v) is 13.3. The van der Waals surface area contributed by atoms with Crippen LogP contribution in [0.4, 0.5) is 17.2 Å². The molecular formula is C32H31N5O2. The first-order valence-electron chi connectivity index (χ1n) is 13.3. The second-order valence-electron chi connectivity index (χ2n) is 10.6. The molecular weight excluding hydrogens is 486 g/mol. The summed E-state index contributed by atoms with van der Waals surface area (Å²) in [7, 11) is 0. The number of hydrogen-bond donors (Lipinski definition) is 2. The van der Waals surface area contributed by atoms with Crippen LogP contribution >= 0.6 is 0 Å². The van der Waals surface area contributed by atoms with Crippen molar-refractivity contribution in [2.45, 2.75) is 46.1 Å². The van der Waals surface area contributed by atoms with Gasteiger partial charge in [-0.05, 0) is 80.5 Å². The predicted octanol–water partition coefficient (Wildman–Crippen LogP) is 5.43. The lowest BCUT2D eigenvalue weighted by atomic mass is 9.78. The lowest BCUT2D eigenvalue weighted by molar-refractivity contribution is -0.126. The number of fused-ring (bicyclic) bond motifs is 2. The van der Waals surface area contributed by atoms with Gasteiger partial charge in [0.1, 0.15) is 17.8 Å². The van der Waals surface area contributed by atoms with Gasteiger partial charge in [0.2, 0.25) is 5.91 Å². The number of nitrogens with one attached hydrogen (secondary N) is 2. The first-order chi connectivity index (χ1) is 18.9. The van der Waals surface area contributed by atoms with Crippen molar-refractivity contribution >= 4 is 29.0 Å². The van der Waals surface area contributed by atoms with Crippen LogP contribution in [-0.4, -0.2) is 27.8 Å². The quantitative estimate of drug-likeness (QED) is 0.441. The molecule has 2 aliphatic heterocycles. The Morgan fingerprint density at radius 1 is 1.08 bits per heavy atom. The molecule has 3 aliphatic rings. The molecule has 3 heterocycles. The van der Waals surface area contributed by atoms with Crippen molar-refractivity contribution in [3.63, 3.8) is 0 Å². The monoisotopic (exact) mass is 517 g/mol. The van der Waals surface area contributed by atoms with E-state index < -0.39 is 5.41 Å². The highest BCUT2D eigenvalue weighted by Crippen LogP contribution is 2.48. The summed E-state index contributed by atoms with van der Waals surface area (Å²) in [6.45, 7) is 5.99. The van der Waals surface area contributed by atoms with Crippen LogP contribution in [-0.2, 0) is 24.1 Å². The Kier molecular flexibility index (Phi) is 6.14. The minimum Gasteiger partial charge on any atom is -0.340 e. The smallest absolute Gasteiger partial charge is 0.277 e. The number of hydrogen-bond acceptors (Lipinski definition) is 5. The van der Waals surface area contributed by atoms with Crippen LogP contribution in [0.15, 0.2) is 90.4 Å². The summed E-state index contributed by atoms with van der Waals surface area (Å²) in [4.78, 5) is 37.1. The molecule has 39 heavy (non-hydrogen) atoms. The van der Waals surface area contributed by atoms with E-state index in [4.69, 9.17) is 0 Å². The molecule has 0 saturated heterocycles. The number of aromatic nitrogens is 2. The van der Waals surface area contributed by atoms with Gasteiger partial charge in [-0.3, -0.25) is 9.59 Å². The van der Waals surface area contributed by atoms with E-state index in [-0.39, 0.29) is 17.9 Å². The Morgan fingerprint density at radius 3 is 2.74 bits per heavy atom. The molecule has 2 aromatic carbocycles. The minimum atomic E-state index is -0.583. The number of para-hydroxylation sites is 1. The lowest BCUT2D eigenvalue weighted by Gasteiger charge is -2.22. The zero-order valence-electron chi connectivity index (χ0n) is 22.4. The molecule has 196 valence electrons. The maximum Gasteiger partial charge on any atom is 0.277 e. The normalized spacial score (nSPS) is 21.8. The van der Waals surface area contributed by atoms with Crippen molar-refractivity contribution in [3.05, 3.63) is 113 Å². The number of allylic oxidation sites excluding steroid dienone is 5. The van der Waals surface area contributed by atoms with Crippen LogP contribution < -0.4 is 15.5 Å². The van der Waals surface area contributed by atoms with Crippen LogP contribution in [0.2, 0.25) is 0 Å². The fraction of sp³-hybridized carbons (Fsp3) is 0.250. The highest BCUT2D eigenvalue weighted by Gasteiger charge is 2.50. The highest BCUT2D eigenvalue weighted by atomic mass is 16.2. The van der Waals surface area contributed by atoms with Gasteiger partial charge < -0.3 is 15.5 Å². The molecule has 2 N–H and O–H groups in total. The van der Waals surface area contributed by atoms with Gasteiger partial charge in [-0.25, -0.2) is 9.97 Å². The van der Waals surface area contributed by atoms with Gasteiger partial charge in [0.05, 0.1) is 5.41 Å². The van der Waals surface area contributed by atoms with Gasteiger partial charge in [0.15, 0.2) is 0 Å². The van der Waals surface area contributed by atoms with Gasteiger partial charge in [-0.1, -0.05) is 48.6 Å². The topological polar surface area (TPSA) is 87.2 Å². The summed E-state index contributed by atoms with van der Waals surface area (Å²) in [6.07, 6.45) is 11.5. The molecule has 7 nitrogen and oxygen atoms in total. The van der Waals surface area contributed by atoms with Crippen molar-refractivity contribution in [1.82, 2.24) is 15.3 Å². The zero-order chi connectivity index (χ0) is 27.1. The molecule has 7 heteroatoms.